The molecule has 1 aromatic rings. The van der Waals surface area contributed by atoms with Gasteiger partial charge in [-0.05, 0) is 45.2 Å². The predicted octanol–water partition coefficient (Wildman–Crippen LogP) is 1.34. The molecule has 0 unspecified atom stereocenters. The Hall–Kier alpha value is -0.980. The average molecular weight is 281 g/mol. The summed E-state index contributed by atoms with van der Waals surface area (Å²) in [7, 11) is 0. The van der Waals surface area contributed by atoms with Gasteiger partial charge < -0.3 is 10.1 Å². The molecule has 2 N–H and O–H groups in total. The molecule has 0 atom stereocenters. The van der Waals surface area contributed by atoms with E-state index < -0.39 is 0 Å². The molecule has 104 valence electrons. The molecule has 0 saturated carbocycles. The van der Waals surface area contributed by atoms with E-state index in [0.29, 0.717) is 0 Å². The van der Waals surface area contributed by atoms with E-state index in [4.69, 9.17) is 4.74 Å². The van der Waals surface area contributed by atoms with Gasteiger partial charge >= 0.3 is 0 Å². The van der Waals surface area contributed by atoms with Crippen LogP contribution in [0.25, 0.3) is 0 Å². The summed E-state index contributed by atoms with van der Waals surface area (Å²) in [5.41, 5.74) is 1.17. The summed E-state index contributed by atoms with van der Waals surface area (Å²) in [4.78, 5) is 17.6. The lowest BCUT2D eigenvalue weighted by molar-refractivity contribution is -0.123. The van der Waals surface area contributed by atoms with Crippen molar-refractivity contribution < 1.29 is 9.53 Å². The molecule has 6 heteroatoms. The fourth-order valence-electron chi connectivity index (χ4n) is 2.55. The molecule has 1 fully saturated rings. The normalized spacial score (nSPS) is 19.4. The molecule has 19 heavy (non-hydrogen) atoms. The lowest BCUT2D eigenvalue weighted by atomic mass is 10.1. The van der Waals surface area contributed by atoms with Crippen LogP contribution >= 0.6 is 11.3 Å². The lowest BCUT2D eigenvalue weighted by Crippen LogP contribution is -2.34. The van der Waals surface area contributed by atoms with Crippen molar-refractivity contribution >= 4 is 22.4 Å². The van der Waals surface area contributed by atoms with Crippen LogP contribution in [0.3, 0.4) is 0 Å². The van der Waals surface area contributed by atoms with Crippen molar-refractivity contribution in [2.24, 2.45) is 0 Å². The average Bonchev–Trinajstić information content (AvgIpc) is 2.98. The third-order valence-corrected chi connectivity index (χ3v) is 4.65. The van der Waals surface area contributed by atoms with Gasteiger partial charge in [0.15, 0.2) is 5.13 Å². The number of fused-ring (bicyclic) bond motifs is 1. The van der Waals surface area contributed by atoms with E-state index in [1.54, 1.807) is 11.3 Å². The van der Waals surface area contributed by atoms with Crippen LogP contribution in [0.2, 0.25) is 0 Å². The summed E-state index contributed by atoms with van der Waals surface area (Å²) in [5.74, 6) is -0.0917. The Morgan fingerprint density at radius 3 is 3.05 bits per heavy atom. The van der Waals surface area contributed by atoms with Crippen molar-refractivity contribution in [2.45, 2.75) is 38.2 Å². The number of ether oxygens (including phenoxy) is 1. The smallest absolute Gasteiger partial charge is 0.252 e. The Bertz CT molecular complexity index is 433. The van der Waals surface area contributed by atoms with E-state index in [9.17, 15) is 4.79 Å². The lowest BCUT2D eigenvalue weighted by Gasteiger charge is -2.22. The van der Waals surface area contributed by atoms with Crippen molar-refractivity contribution in [3.63, 3.8) is 0 Å². The number of hydrogen-bond acceptors (Lipinski definition) is 5. The zero-order valence-electron chi connectivity index (χ0n) is 10.9. The number of anilines is 1. The predicted molar refractivity (Wildman–Crippen MR) is 74.6 cm³/mol. The monoisotopic (exact) mass is 281 g/mol. The highest BCUT2D eigenvalue weighted by molar-refractivity contribution is 7.15. The Kier molecular flexibility index (Phi) is 4.10. The molecular formula is C13H19N3O2S. The van der Waals surface area contributed by atoms with E-state index in [2.05, 4.69) is 15.6 Å². The quantitative estimate of drug-likeness (QED) is 0.874. The maximum Gasteiger partial charge on any atom is 0.252 e. The number of amides is 1. The maximum absolute atomic E-state index is 11.8. The summed E-state index contributed by atoms with van der Waals surface area (Å²) in [6.07, 6.45) is 5.54. The maximum atomic E-state index is 11.8. The highest BCUT2D eigenvalue weighted by atomic mass is 32.1. The van der Waals surface area contributed by atoms with Gasteiger partial charge in [0.2, 0.25) is 0 Å². The van der Waals surface area contributed by atoms with Crippen LogP contribution in [-0.4, -0.2) is 36.7 Å². The van der Waals surface area contributed by atoms with Crippen LogP contribution in [0.4, 0.5) is 5.13 Å². The summed E-state index contributed by atoms with van der Waals surface area (Å²) in [6.45, 7) is 2.09. The van der Waals surface area contributed by atoms with E-state index in [0.717, 1.165) is 43.9 Å². The summed E-state index contributed by atoms with van der Waals surface area (Å²) in [6, 6.07) is 0. The number of hydrogen-bond donors (Lipinski definition) is 2. The second kappa shape index (κ2) is 5.98. The standard InChI is InChI=1S/C13H19N3O2S/c17-12(8-18-9-4-6-14-7-5-9)16-13-15-10-2-1-3-11(10)19-13/h9,14H,1-8H2,(H,15,16,17). The van der Waals surface area contributed by atoms with Crippen LogP contribution in [0.15, 0.2) is 0 Å². The van der Waals surface area contributed by atoms with Crippen LogP contribution in [0.1, 0.15) is 29.8 Å². The molecule has 1 aliphatic carbocycles. The number of rotatable bonds is 4. The van der Waals surface area contributed by atoms with Gasteiger partial charge in [-0.1, -0.05) is 0 Å². The molecule has 1 aliphatic heterocycles. The fourth-order valence-corrected chi connectivity index (χ4v) is 3.62. The number of nitrogens with zero attached hydrogens (tertiary/aromatic N) is 1. The third kappa shape index (κ3) is 3.32. The van der Waals surface area contributed by atoms with Gasteiger partial charge in [0, 0.05) is 4.88 Å². The second-order valence-electron chi connectivity index (χ2n) is 5.05. The SMILES string of the molecule is O=C(COC1CCNCC1)Nc1nc2c(s1)CCC2. The minimum Gasteiger partial charge on any atom is -0.368 e. The molecule has 0 spiro atoms. The van der Waals surface area contributed by atoms with E-state index >= 15 is 0 Å². The number of carbonyl (C=O) groups excluding carboxylic acids is 1. The first-order chi connectivity index (χ1) is 9.31. The Balaban J connectivity index is 1.45. The number of thiazole rings is 1. The largest absolute Gasteiger partial charge is 0.368 e. The molecule has 0 radical (unpaired) electrons. The van der Waals surface area contributed by atoms with Crippen LogP contribution in [0.5, 0.6) is 0 Å². The second-order valence-corrected chi connectivity index (χ2v) is 6.13. The van der Waals surface area contributed by atoms with E-state index in [1.165, 1.54) is 17.0 Å². The van der Waals surface area contributed by atoms with Gasteiger partial charge in [0.05, 0.1) is 11.8 Å². The molecule has 3 rings (SSSR count). The Morgan fingerprint density at radius 2 is 2.26 bits per heavy atom. The first-order valence-corrected chi connectivity index (χ1v) is 7.73. The van der Waals surface area contributed by atoms with E-state index in [-0.39, 0.29) is 18.6 Å². The van der Waals surface area contributed by atoms with Gasteiger partial charge in [-0.15, -0.1) is 11.3 Å². The van der Waals surface area contributed by atoms with Gasteiger partial charge in [-0.3, -0.25) is 10.1 Å². The highest BCUT2D eigenvalue weighted by Crippen LogP contribution is 2.30. The summed E-state index contributed by atoms with van der Waals surface area (Å²) < 4.78 is 5.62. The molecule has 2 heterocycles. The van der Waals surface area contributed by atoms with Crippen molar-refractivity contribution in [3.05, 3.63) is 10.6 Å². The van der Waals surface area contributed by atoms with Crippen molar-refractivity contribution in [2.75, 3.05) is 25.0 Å². The van der Waals surface area contributed by atoms with Crippen molar-refractivity contribution in [1.29, 1.82) is 0 Å². The van der Waals surface area contributed by atoms with Gasteiger partial charge in [0.1, 0.15) is 6.61 Å². The summed E-state index contributed by atoms with van der Waals surface area (Å²) in [5, 5.41) is 6.84. The van der Waals surface area contributed by atoms with Crippen molar-refractivity contribution in [3.8, 4) is 0 Å². The highest BCUT2D eigenvalue weighted by Gasteiger charge is 2.19. The fraction of sp³-hybridized carbons (Fsp3) is 0.692. The number of carbonyl (C=O) groups is 1. The number of nitrogens with one attached hydrogen (secondary N) is 2. The van der Waals surface area contributed by atoms with E-state index in [1.807, 2.05) is 0 Å². The first kappa shape index (κ1) is 13.0. The molecule has 1 saturated heterocycles. The molecule has 0 aromatic carbocycles. The molecular weight excluding hydrogens is 262 g/mol. The number of piperidine rings is 1. The molecule has 1 amide bonds. The molecule has 1 aromatic heterocycles. The minimum absolute atomic E-state index is 0.0917. The Labute approximate surface area is 116 Å². The van der Waals surface area contributed by atoms with Crippen LogP contribution in [0, 0.1) is 0 Å². The topological polar surface area (TPSA) is 63.2 Å². The number of aromatic nitrogens is 1. The zero-order valence-corrected chi connectivity index (χ0v) is 11.7. The van der Waals surface area contributed by atoms with Gasteiger partial charge in [0.25, 0.3) is 5.91 Å². The molecule has 2 aliphatic rings. The van der Waals surface area contributed by atoms with Crippen LogP contribution in [-0.2, 0) is 22.4 Å². The Morgan fingerprint density at radius 1 is 1.42 bits per heavy atom. The number of aryl methyl sites for hydroxylation is 2. The van der Waals surface area contributed by atoms with Gasteiger partial charge in [-0.25, -0.2) is 4.98 Å². The minimum atomic E-state index is -0.0917. The first-order valence-electron chi connectivity index (χ1n) is 6.92. The van der Waals surface area contributed by atoms with Gasteiger partial charge in [-0.2, -0.15) is 0 Å². The van der Waals surface area contributed by atoms with Crippen LogP contribution < -0.4 is 10.6 Å². The van der Waals surface area contributed by atoms with Crippen molar-refractivity contribution in [1.82, 2.24) is 10.3 Å². The molecule has 5 nitrogen and oxygen atoms in total. The summed E-state index contributed by atoms with van der Waals surface area (Å²) >= 11 is 1.60. The zero-order chi connectivity index (χ0) is 13.1. The molecule has 0 bridgehead atoms. The third-order valence-electron chi connectivity index (χ3n) is 3.58.